The van der Waals surface area contributed by atoms with Crippen LogP contribution in [0.4, 0.5) is 0 Å². The van der Waals surface area contributed by atoms with Crippen molar-refractivity contribution < 1.29 is 14.3 Å². The fraction of sp³-hybridized carbons (Fsp3) is 0.294. The van der Waals surface area contributed by atoms with E-state index in [0.29, 0.717) is 22.5 Å². The molecule has 0 saturated carbocycles. The van der Waals surface area contributed by atoms with Crippen LogP contribution in [0.1, 0.15) is 50.6 Å². The predicted octanol–water partition coefficient (Wildman–Crippen LogP) is 2.91. The van der Waals surface area contributed by atoms with E-state index in [9.17, 15) is 9.59 Å². The zero-order valence-corrected chi connectivity index (χ0v) is 13.2. The van der Waals surface area contributed by atoms with Gasteiger partial charge in [-0.1, -0.05) is 30.3 Å². The van der Waals surface area contributed by atoms with Gasteiger partial charge in [0, 0.05) is 5.69 Å². The fourth-order valence-electron chi connectivity index (χ4n) is 2.48. The molecule has 2 rings (SSSR count). The van der Waals surface area contributed by atoms with Crippen molar-refractivity contribution in [3.05, 3.63) is 58.4 Å². The molecule has 0 spiro atoms. The lowest BCUT2D eigenvalue weighted by Crippen LogP contribution is -2.27. The summed E-state index contributed by atoms with van der Waals surface area (Å²) in [5.41, 5.74) is 3.05. The Hall–Kier alpha value is -2.56. The molecule has 1 heterocycles. The third-order valence-electron chi connectivity index (χ3n) is 3.70. The summed E-state index contributed by atoms with van der Waals surface area (Å²) in [6, 6.07) is 9.57. The van der Waals surface area contributed by atoms with Crippen LogP contribution < -0.4 is 5.32 Å². The zero-order valence-electron chi connectivity index (χ0n) is 13.2. The Morgan fingerprint density at radius 3 is 2.41 bits per heavy atom. The second-order valence-electron chi connectivity index (χ2n) is 5.22. The third kappa shape index (κ3) is 3.03. The third-order valence-corrected chi connectivity index (χ3v) is 3.70. The van der Waals surface area contributed by atoms with E-state index in [2.05, 4.69) is 10.3 Å². The number of ether oxygens (including phenoxy) is 1. The van der Waals surface area contributed by atoms with E-state index < -0.39 is 5.97 Å². The smallest absolute Gasteiger partial charge is 0.339 e. The molecular weight excluding hydrogens is 280 g/mol. The second-order valence-corrected chi connectivity index (χ2v) is 5.22. The van der Waals surface area contributed by atoms with E-state index in [0.717, 1.165) is 5.56 Å². The van der Waals surface area contributed by atoms with Crippen LogP contribution in [-0.2, 0) is 4.74 Å². The van der Waals surface area contributed by atoms with Gasteiger partial charge in [-0.15, -0.1) is 0 Å². The summed E-state index contributed by atoms with van der Waals surface area (Å²) in [5.74, 6) is -0.687. The van der Waals surface area contributed by atoms with Gasteiger partial charge in [-0.2, -0.15) is 0 Å². The molecular formula is C17H20N2O3. The largest absolute Gasteiger partial charge is 0.465 e. The summed E-state index contributed by atoms with van der Waals surface area (Å²) < 4.78 is 4.75. The van der Waals surface area contributed by atoms with Crippen molar-refractivity contribution in [2.75, 3.05) is 7.11 Å². The molecule has 2 aromatic rings. The van der Waals surface area contributed by atoms with Gasteiger partial charge in [0.25, 0.3) is 5.91 Å². The van der Waals surface area contributed by atoms with Gasteiger partial charge in [0.2, 0.25) is 0 Å². The normalized spacial score (nSPS) is 11.8. The number of carbonyl (C=O) groups is 2. The minimum atomic E-state index is -0.443. The lowest BCUT2D eigenvalue weighted by atomic mass is 10.1. The van der Waals surface area contributed by atoms with E-state index in [1.165, 1.54) is 7.11 Å². The Bertz CT molecular complexity index is 689. The van der Waals surface area contributed by atoms with Crippen molar-refractivity contribution in [2.45, 2.75) is 26.8 Å². The quantitative estimate of drug-likeness (QED) is 0.853. The molecule has 1 atom stereocenters. The summed E-state index contributed by atoms with van der Waals surface area (Å²) >= 11 is 0. The number of benzene rings is 1. The maximum atomic E-state index is 12.4. The first-order valence-electron chi connectivity index (χ1n) is 7.09. The second kappa shape index (κ2) is 6.47. The Labute approximate surface area is 129 Å². The molecule has 1 aromatic heterocycles. The molecule has 0 fully saturated rings. The minimum Gasteiger partial charge on any atom is -0.465 e. The highest BCUT2D eigenvalue weighted by Gasteiger charge is 2.23. The van der Waals surface area contributed by atoms with Crippen LogP contribution in [0.25, 0.3) is 0 Å². The predicted molar refractivity (Wildman–Crippen MR) is 83.9 cm³/mol. The highest BCUT2D eigenvalue weighted by molar-refractivity contribution is 6.00. The number of aromatic nitrogens is 1. The molecule has 1 unspecified atom stereocenters. The van der Waals surface area contributed by atoms with Crippen molar-refractivity contribution in [3.8, 4) is 0 Å². The minimum absolute atomic E-state index is 0.127. The van der Waals surface area contributed by atoms with Gasteiger partial charge in [0.15, 0.2) is 0 Å². The maximum absolute atomic E-state index is 12.4. The molecule has 1 amide bonds. The SMILES string of the molecule is COC(=O)c1c(C)[nH]c(C(=O)NC(C)c2ccccc2)c1C. The number of hydrogen-bond donors (Lipinski definition) is 2. The first-order chi connectivity index (χ1) is 10.5. The van der Waals surface area contributed by atoms with Crippen molar-refractivity contribution >= 4 is 11.9 Å². The zero-order chi connectivity index (χ0) is 16.3. The van der Waals surface area contributed by atoms with Crippen LogP contribution in [0.15, 0.2) is 30.3 Å². The molecule has 5 heteroatoms. The standard InChI is InChI=1S/C17H20N2O3/c1-10-14(17(21)22-4)12(3)18-15(10)16(20)19-11(2)13-8-6-5-7-9-13/h5-9,11,18H,1-4H3,(H,19,20). The van der Waals surface area contributed by atoms with Gasteiger partial charge in [-0.3, -0.25) is 4.79 Å². The average Bonchev–Trinajstić information content (AvgIpc) is 2.82. The number of nitrogens with one attached hydrogen (secondary N) is 2. The summed E-state index contributed by atoms with van der Waals surface area (Å²) in [4.78, 5) is 27.2. The van der Waals surface area contributed by atoms with Crippen molar-refractivity contribution in [3.63, 3.8) is 0 Å². The van der Waals surface area contributed by atoms with E-state index in [4.69, 9.17) is 4.74 Å². The lowest BCUT2D eigenvalue weighted by Gasteiger charge is -2.14. The van der Waals surface area contributed by atoms with Crippen molar-refractivity contribution in [1.29, 1.82) is 0 Å². The highest BCUT2D eigenvalue weighted by atomic mass is 16.5. The Kier molecular flexibility index (Phi) is 4.65. The summed E-state index contributed by atoms with van der Waals surface area (Å²) in [6.07, 6.45) is 0. The molecule has 22 heavy (non-hydrogen) atoms. The van der Waals surface area contributed by atoms with Gasteiger partial charge in [-0.25, -0.2) is 4.79 Å². The Balaban J connectivity index is 2.22. The van der Waals surface area contributed by atoms with E-state index >= 15 is 0 Å². The van der Waals surface area contributed by atoms with Gasteiger partial charge in [0.05, 0.1) is 18.7 Å². The number of hydrogen-bond acceptors (Lipinski definition) is 3. The number of aromatic amines is 1. The number of rotatable bonds is 4. The van der Waals surface area contributed by atoms with Crippen LogP contribution in [0, 0.1) is 13.8 Å². The summed E-state index contributed by atoms with van der Waals surface area (Å²) in [7, 11) is 1.32. The van der Waals surface area contributed by atoms with Crippen LogP contribution in [0.2, 0.25) is 0 Å². The van der Waals surface area contributed by atoms with Crippen LogP contribution in [0.3, 0.4) is 0 Å². The number of H-pyrrole nitrogens is 1. The summed E-state index contributed by atoms with van der Waals surface area (Å²) in [5, 5.41) is 2.93. The molecule has 0 radical (unpaired) electrons. The highest BCUT2D eigenvalue weighted by Crippen LogP contribution is 2.20. The fourth-order valence-corrected chi connectivity index (χ4v) is 2.48. The summed E-state index contributed by atoms with van der Waals surface area (Å²) in [6.45, 7) is 5.40. The van der Waals surface area contributed by atoms with E-state index in [-0.39, 0.29) is 11.9 Å². The van der Waals surface area contributed by atoms with E-state index in [1.54, 1.807) is 13.8 Å². The van der Waals surface area contributed by atoms with Crippen LogP contribution >= 0.6 is 0 Å². The van der Waals surface area contributed by atoms with Gasteiger partial charge < -0.3 is 15.0 Å². The molecule has 5 nitrogen and oxygen atoms in total. The van der Waals surface area contributed by atoms with Gasteiger partial charge in [0.1, 0.15) is 5.69 Å². The molecule has 2 N–H and O–H groups in total. The number of aryl methyl sites for hydroxylation is 1. The molecule has 0 bridgehead atoms. The average molecular weight is 300 g/mol. The molecule has 116 valence electrons. The number of amides is 1. The first-order valence-corrected chi connectivity index (χ1v) is 7.09. The number of carbonyl (C=O) groups excluding carboxylic acids is 2. The Morgan fingerprint density at radius 2 is 1.82 bits per heavy atom. The van der Waals surface area contributed by atoms with Crippen LogP contribution in [0.5, 0.6) is 0 Å². The number of methoxy groups -OCH3 is 1. The molecule has 0 aliphatic rings. The topological polar surface area (TPSA) is 71.2 Å². The van der Waals surface area contributed by atoms with Crippen molar-refractivity contribution in [2.24, 2.45) is 0 Å². The molecule has 0 aliphatic heterocycles. The monoisotopic (exact) mass is 300 g/mol. The van der Waals surface area contributed by atoms with Gasteiger partial charge in [-0.05, 0) is 31.9 Å². The molecule has 0 saturated heterocycles. The van der Waals surface area contributed by atoms with Gasteiger partial charge >= 0.3 is 5.97 Å². The molecule has 1 aromatic carbocycles. The van der Waals surface area contributed by atoms with Crippen molar-refractivity contribution in [1.82, 2.24) is 10.3 Å². The first kappa shape index (κ1) is 15.8. The Morgan fingerprint density at radius 1 is 1.18 bits per heavy atom. The van der Waals surface area contributed by atoms with Crippen LogP contribution in [-0.4, -0.2) is 24.0 Å². The van der Waals surface area contributed by atoms with E-state index in [1.807, 2.05) is 37.3 Å². The number of esters is 1. The maximum Gasteiger partial charge on any atom is 0.339 e. The lowest BCUT2D eigenvalue weighted by molar-refractivity contribution is 0.0599. The molecule has 0 aliphatic carbocycles.